The minimum absolute atomic E-state index is 0.0644. The van der Waals surface area contributed by atoms with E-state index in [0.29, 0.717) is 0 Å². The third-order valence-electron chi connectivity index (χ3n) is 3.01. The van der Waals surface area contributed by atoms with Gasteiger partial charge in [-0.1, -0.05) is 33.6 Å². The van der Waals surface area contributed by atoms with Crippen LogP contribution in [-0.4, -0.2) is 41.9 Å². The van der Waals surface area contributed by atoms with E-state index in [1.54, 1.807) is 0 Å². The van der Waals surface area contributed by atoms with Crippen molar-refractivity contribution in [3.8, 4) is 0 Å². The summed E-state index contributed by atoms with van der Waals surface area (Å²) in [6, 6.07) is 5.93. The molecule has 2 rings (SSSR count). The lowest BCUT2D eigenvalue weighted by molar-refractivity contribution is -0.0972. The molecular formula is C13H17BrClNO2. The van der Waals surface area contributed by atoms with Gasteiger partial charge in [-0.15, -0.1) is 0 Å². The average Bonchev–Trinajstić information content (AvgIpc) is 2.32. The van der Waals surface area contributed by atoms with E-state index in [2.05, 4.69) is 20.8 Å². The van der Waals surface area contributed by atoms with Crippen LogP contribution >= 0.6 is 27.5 Å². The van der Waals surface area contributed by atoms with Crippen LogP contribution in [0.5, 0.6) is 0 Å². The van der Waals surface area contributed by atoms with Crippen molar-refractivity contribution in [1.29, 1.82) is 0 Å². The van der Waals surface area contributed by atoms with Gasteiger partial charge in [-0.3, -0.25) is 4.90 Å². The lowest BCUT2D eigenvalue weighted by Crippen LogP contribution is -2.47. The van der Waals surface area contributed by atoms with E-state index in [9.17, 15) is 5.11 Å². The maximum Gasteiger partial charge on any atom is 0.0936 e. The van der Waals surface area contributed by atoms with Crippen LogP contribution < -0.4 is 0 Å². The highest BCUT2D eigenvalue weighted by molar-refractivity contribution is 9.10. The van der Waals surface area contributed by atoms with Crippen molar-refractivity contribution in [2.45, 2.75) is 25.7 Å². The Kier molecular flexibility index (Phi) is 5.04. The van der Waals surface area contributed by atoms with Crippen LogP contribution in [0.15, 0.2) is 22.7 Å². The van der Waals surface area contributed by atoms with Gasteiger partial charge in [0.25, 0.3) is 0 Å². The molecule has 0 amide bonds. The molecule has 1 fully saturated rings. The first-order valence-corrected chi connectivity index (χ1v) is 7.18. The quantitative estimate of drug-likeness (QED) is 0.922. The Morgan fingerprint density at radius 1 is 1.50 bits per heavy atom. The third-order valence-corrected chi connectivity index (χ3v) is 3.86. The Hall–Kier alpha value is -0.130. The molecule has 1 N–H and O–H groups in total. The van der Waals surface area contributed by atoms with Crippen molar-refractivity contribution in [1.82, 2.24) is 4.90 Å². The third kappa shape index (κ3) is 3.68. The first-order chi connectivity index (χ1) is 8.58. The monoisotopic (exact) mass is 333 g/mol. The SMILES string of the molecule is CC1CN(Cc2ccc(Br)cc2Cl)CC(CO)O1. The van der Waals surface area contributed by atoms with Crippen molar-refractivity contribution in [2.75, 3.05) is 19.7 Å². The largest absolute Gasteiger partial charge is 0.394 e. The zero-order valence-electron chi connectivity index (χ0n) is 10.3. The Morgan fingerprint density at radius 2 is 2.28 bits per heavy atom. The number of halogens is 2. The van der Waals surface area contributed by atoms with Gasteiger partial charge in [-0.2, -0.15) is 0 Å². The van der Waals surface area contributed by atoms with Gasteiger partial charge in [0.2, 0.25) is 0 Å². The molecule has 0 bridgehead atoms. The van der Waals surface area contributed by atoms with Crippen molar-refractivity contribution in [3.63, 3.8) is 0 Å². The fraction of sp³-hybridized carbons (Fsp3) is 0.538. The normalized spacial score (nSPS) is 25.3. The summed E-state index contributed by atoms with van der Waals surface area (Å²) in [5.74, 6) is 0. The Balaban J connectivity index is 2.04. The van der Waals surface area contributed by atoms with Crippen LogP contribution in [0, 0.1) is 0 Å². The Morgan fingerprint density at radius 3 is 2.94 bits per heavy atom. The standard InChI is InChI=1S/C13H17BrClNO2/c1-9-5-16(7-12(8-17)18-9)6-10-2-3-11(14)4-13(10)15/h2-4,9,12,17H,5-8H2,1H3. The van der Waals surface area contributed by atoms with Crippen molar-refractivity contribution in [3.05, 3.63) is 33.3 Å². The van der Waals surface area contributed by atoms with Gasteiger partial charge in [-0.05, 0) is 24.6 Å². The smallest absolute Gasteiger partial charge is 0.0936 e. The maximum absolute atomic E-state index is 9.20. The summed E-state index contributed by atoms with van der Waals surface area (Å²) in [6.07, 6.45) is 0.0492. The van der Waals surface area contributed by atoms with Crippen LogP contribution in [0.4, 0.5) is 0 Å². The van der Waals surface area contributed by atoms with E-state index >= 15 is 0 Å². The maximum atomic E-state index is 9.20. The first kappa shape index (κ1) is 14.3. The second-order valence-corrected chi connectivity index (χ2v) is 6.00. The first-order valence-electron chi connectivity index (χ1n) is 6.01. The predicted molar refractivity (Wildman–Crippen MR) is 75.8 cm³/mol. The van der Waals surface area contributed by atoms with Crippen molar-refractivity contribution in [2.24, 2.45) is 0 Å². The van der Waals surface area contributed by atoms with E-state index in [-0.39, 0.29) is 18.8 Å². The van der Waals surface area contributed by atoms with Crippen LogP contribution in [0.1, 0.15) is 12.5 Å². The van der Waals surface area contributed by atoms with Gasteiger partial charge < -0.3 is 9.84 Å². The van der Waals surface area contributed by atoms with Crippen molar-refractivity contribution < 1.29 is 9.84 Å². The molecule has 0 aliphatic carbocycles. The van der Waals surface area contributed by atoms with Crippen LogP contribution in [-0.2, 0) is 11.3 Å². The Labute approximate surface area is 121 Å². The van der Waals surface area contributed by atoms with Crippen LogP contribution in [0.25, 0.3) is 0 Å². The van der Waals surface area contributed by atoms with Gasteiger partial charge in [0, 0.05) is 29.1 Å². The number of aliphatic hydroxyl groups excluding tert-OH is 1. The molecule has 5 heteroatoms. The van der Waals surface area contributed by atoms with E-state index in [1.165, 1.54) is 0 Å². The van der Waals surface area contributed by atoms with E-state index in [0.717, 1.165) is 34.7 Å². The molecule has 1 saturated heterocycles. The van der Waals surface area contributed by atoms with Gasteiger partial charge in [0.15, 0.2) is 0 Å². The molecule has 1 aromatic rings. The minimum atomic E-state index is -0.0945. The summed E-state index contributed by atoms with van der Waals surface area (Å²) >= 11 is 9.62. The lowest BCUT2D eigenvalue weighted by Gasteiger charge is -2.36. The Bertz CT molecular complexity index is 416. The minimum Gasteiger partial charge on any atom is -0.394 e. The van der Waals surface area contributed by atoms with Gasteiger partial charge >= 0.3 is 0 Å². The number of aliphatic hydroxyl groups is 1. The van der Waals surface area contributed by atoms with E-state index in [4.69, 9.17) is 16.3 Å². The highest BCUT2D eigenvalue weighted by Crippen LogP contribution is 2.23. The zero-order chi connectivity index (χ0) is 13.1. The fourth-order valence-electron chi connectivity index (χ4n) is 2.26. The molecule has 100 valence electrons. The molecule has 0 radical (unpaired) electrons. The van der Waals surface area contributed by atoms with Crippen LogP contribution in [0.2, 0.25) is 5.02 Å². The highest BCUT2D eigenvalue weighted by atomic mass is 79.9. The molecule has 0 saturated carbocycles. The summed E-state index contributed by atoms with van der Waals surface area (Å²) in [5.41, 5.74) is 1.10. The zero-order valence-corrected chi connectivity index (χ0v) is 12.6. The second kappa shape index (κ2) is 6.35. The van der Waals surface area contributed by atoms with Gasteiger partial charge in [-0.25, -0.2) is 0 Å². The number of nitrogens with zero attached hydrogens (tertiary/aromatic N) is 1. The van der Waals surface area contributed by atoms with Gasteiger partial charge in [0.05, 0.1) is 18.8 Å². The number of hydrogen-bond acceptors (Lipinski definition) is 3. The molecule has 2 atom stereocenters. The van der Waals surface area contributed by atoms with Crippen LogP contribution in [0.3, 0.4) is 0 Å². The number of hydrogen-bond donors (Lipinski definition) is 1. The summed E-state index contributed by atoms with van der Waals surface area (Å²) in [5, 5.41) is 9.97. The summed E-state index contributed by atoms with van der Waals surface area (Å²) in [7, 11) is 0. The summed E-state index contributed by atoms with van der Waals surface area (Å²) in [4.78, 5) is 2.27. The topological polar surface area (TPSA) is 32.7 Å². The van der Waals surface area contributed by atoms with E-state index in [1.807, 2.05) is 25.1 Å². The number of ether oxygens (including phenoxy) is 1. The summed E-state index contributed by atoms with van der Waals surface area (Å²) in [6.45, 7) is 4.49. The molecule has 1 heterocycles. The molecule has 1 aliphatic rings. The number of benzene rings is 1. The molecule has 3 nitrogen and oxygen atoms in total. The lowest BCUT2D eigenvalue weighted by atomic mass is 10.1. The van der Waals surface area contributed by atoms with E-state index < -0.39 is 0 Å². The molecular weight excluding hydrogens is 318 g/mol. The van der Waals surface area contributed by atoms with Crippen molar-refractivity contribution >= 4 is 27.5 Å². The molecule has 0 spiro atoms. The second-order valence-electron chi connectivity index (χ2n) is 4.68. The highest BCUT2D eigenvalue weighted by Gasteiger charge is 2.24. The average molecular weight is 335 g/mol. The molecule has 1 aromatic carbocycles. The van der Waals surface area contributed by atoms with Gasteiger partial charge in [0.1, 0.15) is 0 Å². The molecule has 2 unspecified atom stereocenters. The number of rotatable bonds is 3. The molecule has 18 heavy (non-hydrogen) atoms. The molecule has 1 aliphatic heterocycles. The fourth-order valence-corrected chi connectivity index (χ4v) is 2.99. The molecule has 0 aromatic heterocycles. The number of morpholine rings is 1. The summed E-state index contributed by atoms with van der Waals surface area (Å²) < 4.78 is 6.61. The predicted octanol–water partition coefficient (Wildman–Crippen LogP) is 2.68.